The van der Waals surface area contributed by atoms with Crippen LogP contribution in [-0.4, -0.2) is 49.6 Å². The number of nitrogens with one attached hydrogen (secondary N) is 2. The van der Waals surface area contributed by atoms with Crippen molar-refractivity contribution in [2.75, 3.05) is 27.2 Å². The maximum absolute atomic E-state index is 11.4. The number of rotatable bonds is 6. The number of carbonyl (C=O) groups excluding carboxylic acids is 1. The first kappa shape index (κ1) is 13.5. The van der Waals surface area contributed by atoms with Crippen LogP contribution in [0.5, 0.6) is 0 Å². The Labute approximate surface area is 98.8 Å². The van der Waals surface area contributed by atoms with Gasteiger partial charge in [-0.15, -0.1) is 0 Å². The van der Waals surface area contributed by atoms with Gasteiger partial charge in [0, 0.05) is 18.1 Å². The average molecular weight is 227 g/mol. The molecule has 0 saturated heterocycles. The summed E-state index contributed by atoms with van der Waals surface area (Å²) in [4.78, 5) is 13.7. The highest BCUT2D eigenvalue weighted by Crippen LogP contribution is 2.35. The standard InChI is InChI=1S/C12H25N3O/c1-10(2)14-11(16)8-13-9-12(15(3)4)6-5-7-12/h10,13H,5-9H2,1-4H3,(H,14,16). The lowest BCUT2D eigenvalue weighted by Gasteiger charge is -2.47. The summed E-state index contributed by atoms with van der Waals surface area (Å²) in [6.45, 7) is 5.29. The number of likely N-dealkylation sites (N-methyl/N-ethyl adjacent to an activating group) is 1. The summed E-state index contributed by atoms with van der Waals surface area (Å²) in [5.74, 6) is 0.0863. The molecule has 1 amide bonds. The highest BCUT2D eigenvalue weighted by molar-refractivity contribution is 5.78. The minimum atomic E-state index is 0.0863. The molecule has 1 aliphatic carbocycles. The Balaban J connectivity index is 2.22. The van der Waals surface area contributed by atoms with E-state index in [0.29, 0.717) is 6.54 Å². The fourth-order valence-corrected chi connectivity index (χ4v) is 2.15. The number of amides is 1. The van der Waals surface area contributed by atoms with E-state index in [4.69, 9.17) is 0 Å². The molecule has 0 unspecified atom stereocenters. The van der Waals surface area contributed by atoms with Crippen LogP contribution in [0, 0.1) is 0 Å². The lowest BCUT2D eigenvalue weighted by Crippen LogP contribution is -2.57. The highest BCUT2D eigenvalue weighted by atomic mass is 16.1. The Morgan fingerprint density at radius 3 is 2.38 bits per heavy atom. The van der Waals surface area contributed by atoms with E-state index in [1.54, 1.807) is 0 Å². The third kappa shape index (κ3) is 3.46. The van der Waals surface area contributed by atoms with Crippen LogP contribution in [0.1, 0.15) is 33.1 Å². The number of hydrogen-bond donors (Lipinski definition) is 2. The molecule has 1 saturated carbocycles. The molecule has 4 nitrogen and oxygen atoms in total. The van der Waals surface area contributed by atoms with E-state index in [-0.39, 0.29) is 17.5 Å². The van der Waals surface area contributed by atoms with Gasteiger partial charge in [-0.05, 0) is 47.2 Å². The molecule has 4 heteroatoms. The first-order valence-corrected chi connectivity index (χ1v) is 6.14. The van der Waals surface area contributed by atoms with Crippen molar-refractivity contribution in [3.8, 4) is 0 Å². The van der Waals surface area contributed by atoms with E-state index in [9.17, 15) is 4.79 Å². The van der Waals surface area contributed by atoms with Crippen molar-refractivity contribution in [3.63, 3.8) is 0 Å². The number of nitrogens with zero attached hydrogens (tertiary/aromatic N) is 1. The fraction of sp³-hybridized carbons (Fsp3) is 0.917. The predicted molar refractivity (Wildman–Crippen MR) is 66.4 cm³/mol. The van der Waals surface area contributed by atoms with E-state index in [1.165, 1.54) is 19.3 Å². The second kappa shape index (κ2) is 5.64. The third-order valence-corrected chi connectivity index (χ3v) is 3.42. The van der Waals surface area contributed by atoms with Crippen LogP contribution in [0.3, 0.4) is 0 Å². The zero-order chi connectivity index (χ0) is 12.2. The lowest BCUT2D eigenvalue weighted by molar-refractivity contribution is -0.120. The van der Waals surface area contributed by atoms with Gasteiger partial charge >= 0.3 is 0 Å². The van der Waals surface area contributed by atoms with Crippen LogP contribution in [0.2, 0.25) is 0 Å². The van der Waals surface area contributed by atoms with Crippen molar-refractivity contribution in [2.45, 2.75) is 44.7 Å². The molecule has 0 radical (unpaired) electrons. The average Bonchev–Trinajstić information content (AvgIpc) is 2.07. The minimum Gasteiger partial charge on any atom is -0.353 e. The van der Waals surface area contributed by atoms with Gasteiger partial charge in [0.25, 0.3) is 0 Å². The van der Waals surface area contributed by atoms with Crippen LogP contribution in [0.15, 0.2) is 0 Å². The van der Waals surface area contributed by atoms with Crippen molar-refractivity contribution in [2.24, 2.45) is 0 Å². The quantitative estimate of drug-likeness (QED) is 0.698. The molecule has 2 N–H and O–H groups in total. The van der Waals surface area contributed by atoms with Gasteiger partial charge in [0.2, 0.25) is 5.91 Å². The maximum Gasteiger partial charge on any atom is 0.234 e. The van der Waals surface area contributed by atoms with Crippen LogP contribution < -0.4 is 10.6 Å². The second-order valence-corrected chi connectivity index (χ2v) is 5.30. The minimum absolute atomic E-state index is 0.0863. The Morgan fingerprint density at radius 2 is 2.00 bits per heavy atom. The molecule has 0 heterocycles. The van der Waals surface area contributed by atoms with Crippen LogP contribution >= 0.6 is 0 Å². The van der Waals surface area contributed by atoms with E-state index in [1.807, 2.05) is 13.8 Å². The largest absolute Gasteiger partial charge is 0.353 e. The van der Waals surface area contributed by atoms with Gasteiger partial charge in [-0.25, -0.2) is 0 Å². The molecule has 1 aliphatic rings. The van der Waals surface area contributed by atoms with E-state index in [0.717, 1.165) is 6.54 Å². The van der Waals surface area contributed by atoms with Gasteiger partial charge in [-0.2, -0.15) is 0 Å². The zero-order valence-electron chi connectivity index (χ0n) is 11.0. The molecule has 0 aliphatic heterocycles. The van der Waals surface area contributed by atoms with Crippen LogP contribution in [0.25, 0.3) is 0 Å². The molecular formula is C12H25N3O. The smallest absolute Gasteiger partial charge is 0.234 e. The molecule has 16 heavy (non-hydrogen) atoms. The van der Waals surface area contributed by atoms with Crippen molar-refractivity contribution >= 4 is 5.91 Å². The molecule has 94 valence electrons. The van der Waals surface area contributed by atoms with Gasteiger partial charge in [-0.1, -0.05) is 0 Å². The topological polar surface area (TPSA) is 44.4 Å². The van der Waals surface area contributed by atoms with Gasteiger partial charge in [0.05, 0.1) is 6.54 Å². The van der Waals surface area contributed by atoms with Crippen LogP contribution in [0.4, 0.5) is 0 Å². The van der Waals surface area contributed by atoms with Crippen molar-refractivity contribution in [1.29, 1.82) is 0 Å². The maximum atomic E-state index is 11.4. The normalized spacial score (nSPS) is 18.6. The molecule has 0 spiro atoms. The lowest BCUT2D eigenvalue weighted by atomic mass is 9.75. The van der Waals surface area contributed by atoms with Crippen molar-refractivity contribution in [1.82, 2.24) is 15.5 Å². The Morgan fingerprint density at radius 1 is 1.38 bits per heavy atom. The molecule has 1 rings (SSSR count). The number of hydrogen-bond acceptors (Lipinski definition) is 3. The Hall–Kier alpha value is -0.610. The predicted octanol–water partition coefficient (Wildman–Crippen LogP) is 0.585. The van der Waals surface area contributed by atoms with E-state index < -0.39 is 0 Å². The summed E-state index contributed by atoms with van der Waals surface area (Å²) in [7, 11) is 4.24. The molecule has 0 aromatic heterocycles. The molecule has 0 atom stereocenters. The van der Waals surface area contributed by atoms with Crippen LogP contribution in [-0.2, 0) is 4.79 Å². The summed E-state index contributed by atoms with van der Waals surface area (Å²) in [5, 5.41) is 6.14. The third-order valence-electron chi connectivity index (χ3n) is 3.42. The van der Waals surface area contributed by atoms with E-state index >= 15 is 0 Å². The van der Waals surface area contributed by atoms with Gasteiger partial charge in [-0.3, -0.25) is 4.79 Å². The Bertz CT molecular complexity index is 234. The first-order chi connectivity index (χ1) is 7.46. The molecule has 1 fully saturated rings. The highest BCUT2D eigenvalue weighted by Gasteiger charge is 2.38. The molecular weight excluding hydrogens is 202 g/mol. The summed E-state index contributed by atoms with van der Waals surface area (Å²) in [6.07, 6.45) is 3.77. The fourth-order valence-electron chi connectivity index (χ4n) is 2.15. The SMILES string of the molecule is CC(C)NC(=O)CNCC1(N(C)C)CCC1. The summed E-state index contributed by atoms with van der Waals surface area (Å²) >= 11 is 0. The number of carbonyl (C=O) groups is 1. The van der Waals surface area contributed by atoms with Crippen molar-refractivity contribution in [3.05, 3.63) is 0 Å². The summed E-state index contributed by atoms with van der Waals surface area (Å²) < 4.78 is 0. The summed E-state index contributed by atoms with van der Waals surface area (Å²) in [6, 6.07) is 0.223. The van der Waals surface area contributed by atoms with E-state index in [2.05, 4.69) is 29.6 Å². The monoisotopic (exact) mass is 227 g/mol. The van der Waals surface area contributed by atoms with Gasteiger partial charge < -0.3 is 15.5 Å². The molecule has 0 aromatic rings. The zero-order valence-corrected chi connectivity index (χ0v) is 11.0. The first-order valence-electron chi connectivity index (χ1n) is 6.14. The van der Waals surface area contributed by atoms with Gasteiger partial charge in [0.15, 0.2) is 0 Å². The summed E-state index contributed by atoms with van der Waals surface area (Å²) in [5.41, 5.74) is 0.290. The Kier molecular flexibility index (Phi) is 4.74. The molecule has 0 aromatic carbocycles. The molecule has 0 bridgehead atoms. The van der Waals surface area contributed by atoms with Crippen molar-refractivity contribution < 1.29 is 4.79 Å². The second-order valence-electron chi connectivity index (χ2n) is 5.30. The van der Waals surface area contributed by atoms with Gasteiger partial charge in [0.1, 0.15) is 0 Å².